The van der Waals surface area contributed by atoms with E-state index in [-0.39, 0.29) is 9.92 Å². The summed E-state index contributed by atoms with van der Waals surface area (Å²) >= 11 is 6.01. The highest BCUT2D eigenvalue weighted by Crippen LogP contribution is 2.26. The van der Waals surface area contributed by atoms with E-state index in [1.165, 1.54) is 18.2 Å². The molecule has 0 aliphatic carbocycles. The van der Waals surface area contributed by atoms with Crippen molar-refractivity contribution in [1.29, 1.82) is 5.26 Å². The van der Waals surface area contributed by atoms with Gasteiger partial charge in [-0.1, -0.05) is 24.6 Å². The second-order valence-corrected chi connectivity index (χ2v) is 7.13. The molecule has 1 aromatic heterocycles. The van der Waals surface area contributed by atoms with E-state index in [0.717, 1.165) is 5.56 Å². The lowest BCUT2D eigenvalue weighted by Crippen LogP contribution is -2.29. The summed E-state index contributed by atoms with van der Waals surface area (Å²) in [4.78, 5) is 4.22. The van der Waals surface area contributed by atoms with E-state index in [9.17, 15) is 8.42 Å². The Bertz CT molecular complexity index is 860. The molecule has 0 saturated carbocycles. The number of aryl methyl sites for hydroxylation is 1. The fourth-order valence-corrected chi connectivity index (χ4v) is 4.06. The van der Waals surface area contributed by atoms with Gasteiger partial charge in [-0.3, -0.25) is 4.98 Å². The summed E-state index contributed by atoms with van der Waals surface area (Å²) in [5.74, 6) is 0. The van der Waals surface area contributed by atoms with Gasteiger partial charge in [-0.15, -0.1) is 0 Å². The second-order valence-electron chi connectivity index (χ2n) is 5.04. The molecule has 1 N–H and O–H groups in total. The van der Waals surface area contributed by atoms with Crippen LogP contribution in [-0.2, 0) is 10.0 Å². The van der Waals surface area contributed by atoms with Crippen LogP contribution < -0.4 is 4.72 Å². The Labute approximate surface area is 141 Å². The maximum absolute atomic E-state index is 12.6. The minimum atomic E-state index is -3.82. The molecule has 0 bridgehead atoms. The molecule has 0 aliphatic heterocycles. The average Bonchev–Trinajstić information content (AvgIpc) is 2.53. The van der Waals surface area contributed by atoms with E-state index < -0.39 is 16.1 Å². The van der Waals surface area contributed by atoms with E-state index in [0.29, 0.717) is 17.7 Å². The van der Waals surface area contributed by atoms with Crippen LogP contribution in [0.4, 0.5) is 0 Å². The van der Waals surface area contributed by atoms with Gasteiger partial charge < -0.3 is 0 Å². The van der Waals surface area contributed by atoms with Crippen LogP contribution in [0, 0.1) is 18.3 Å². The molecule has 0 aliphatic rings. The van der Waals surface area contributed by atoms with Gasteiger partial charge in [-0.2, -0.15) is 5.26 Å². The number of pyridine rings is 1. The molecule has 2 rings (SSSR count). The van der Waals surface area contributed by atoms with Crippen molar-refractivity contribution in [3.8, 4) is 6.07 Å². The SMILES string of the molecule is CC[C@H](NS(=O)(=O)c1ccc(C#N)cc1Cl)c1ncccc1C. The molecule has 7 heteroatoms. The van der Waals surface area contributed by atoms with Crippen molar-refractivity contribution in [3.05, 3.63) is 58.4 Å². The summed E-state index contributed by atoms with van der Waals surface area (Å²) in [6.45, 7) is 3.76. The van der Waals surface area contributed by atoms with Crippen molar-refractivity contribution >= 4 is 21.6 Å². The van der Waals surface area contributed by atoms with Crippen LogP contribution in [0.3, 0.4) is 0 Å². The summed E-state index contributed by atoms with van der Waals surface area (Å²) in [7, 11) is -3.82. The molecule has 120 valence electrons. The van der Waals surface area contributed by atoms with Crippen molar-refractivity contribution in [1.82, 2.24) is 9.71 Å². The Morgan fingerprint density at radius 1 is 1.39 bits per heavy atom. The maximum Gasteiger partial charge on any atom is 0.242 e. The molecular formula is C16H16ClN3O2S. The minimum Gasteiger partial charge on any atom is -0.259 e. The van der Waals surface area contributed by atoms with Crippen LogP contribution in [-0.4, -0.2) is 13.4 Å². The molecule has 5 nitrogen and oxygen atoms in total. The quantitative estimate of drug-likeness (QED) is 0.897. The van der Waals surface area contributed by atoms with Crippen LogP contribution in [0.2, 0.25) is 5.02 Å². The van der Waals surface area contributed by atoms with Crippen LogP contribution in [0.5, 0.6) is 0 Å². The predicted octanol–water partition coefficient (Wildman–Crippen LogP) is 3.34. The molecular weight excluding hydrogens is 334 g/mol. The number of hydrogen-bond donors (Lipinski definition) is 1. The summed E-state index contributed by atoms with van der Waals surface area (Å²) in [5, 5.41) is 8.85. The number of aromatic nitrogens is 1. The topological polar surface area (TPSA) is 82.9 Å². The van der Waals surface area contributed by atoms with Crippen molar-refractivity contribution in [3.63, 3.8) is 0 Å². The van der Waals surface area contributed by atoms with Gasteiger partial charge in [-0.25, -0.2) is 13.1 Å². The summed E-state index contributed by atoms with van der Waals surface area (Å²) in [6, 6.07) is 9.25. The molecule has 0 saturated heterocycles. The highest BCUT2D eigenvalue weighted by molar-refractivity contribution is 7.89. The fourth-order valence-electron chi connectivity index (χ4n) is 2.23. The Kier molecular flexibility index (Phi) is 5.37. The lowest BCUT2D eigenvalue weighted by atomic mass is 10.1. The fraction of sp³-hybridized carbons (Fsp3) is 0.250. The zero-order valence-corrected chi connectivity index (χ0v) is 14.3. The number of halogens is 1. The van der Waals surface area contributed by atoms with Crippen LogP contribution in [0.25, 0.3) is 0 Å². The highest BCUT2D eigenvalue weighted by Gasteiger charge is 2.24. The Hall–Kier alpha value is -1.94. The highest BCUT2D eigenvalue weighted by atomic mass is 35.5. The Morgan fingerprint density at radius 2 is 2.13 bits per heavy atom. The van der Waals surface area contributed by atoms with Crippen LogP contribution in [0.15, 0.2) is 41.4 Å². The van der Waals surface area contributed by atoms with E-state index in [1.54, 1.807) is 12.3 Å². The zero-order valence-electron chi connectivity index (χ0n) is 12.7. The predicted molar refractivity (Wildman–Crippen MR) is 88.5 cm³/mol. The third-order valence-electron chi connectivity index (χ3n) is 3.44. The van der Waals surface area contributed by atoms with Crippen molar-refractivity contribution in [2.24, 2.45) is 0 Å². The zero-order chi connectivity index (χ0) is 17.0. The van der Waals surface area contributed by atoms with Gasteiger partial charge in [0.05, 0.1) is 28.4 Å². The number of nitrogens with one attached hydrogen (secondary N) is 1. The van der Waals surface area contributed by atoms with Gasteiger partial charge in [-0.05, 0) is 43.2 Å². The molecule has 23 heavy (non-hydrogen) atoms. The molecule has 0 amide bonds. The maximum atomic E-state index is 12.6. The standard InChI is InChI=1S/C16H16ClN3O2S/c1-3-14(16-11(2)5-4-8-19-16)20-23(21,22)15-7-6-12(10-18)9-13(15)17/h4-9,14,20H,3H2,1-2H3/t14-/m0/s1. The lowest BCUT2D eigenvalue weighted by molar-refractivity contribution is 0.543. The Balaban J connectivity index is 2.37. The van der Waals surface area contributed by atoms with Crippen molar-refractivity contribution in [2.45, 2.75) is 31.2 Å². The van der Waals surface area contributed by atoms with Gasteiger partial charge >= 0.3 is 0 Å². The molecule has 0 radical (unpaired) electrons. The molecule has 0 unspecified atom stereocenters. The molecule has 0 spiro atoms. The first kappa shape index (κ1) is 17.4. The van der Waals surface area contributed by atoms with Crippen LogP contribution in [0.1, 0.15) is 36.2 Å². The van der Waals surface area contributed by atoms with Gasteiger partial charge in [0.25, 0.3) is 0 Å². The van der Waals surface area contributed by atoms with Gasteiger partial charge in [0, 0.05) is 6.20 Å². The van der Waals surface area contributed by atoms with Gasteiger partial charge in [0.15, 0.2) is 0 Å². The molecule has 1 heterocycles. The number of rotatable bonds is 5. The third kappa shape index (κ3) is 3.88. The third-order valence-corrected chi connectivity index (χ3v) is 5.39. The first-order chi connectivity index (χ1) is 10.9. The smallest absolute Gasteiger partial charge is 0.242 e. The molecule has 1 aromatic carbocycles. The van der Waals surface area contributed by atoms with E-state index in [1.807, 2.05) is 26.0 Å². The normalized spacial score (nSPS) is 12.6. The van der Waals surface area contributed by atoms with Crippen molar-refractivity contribution in [2.75, 3.05) is 0 Å². The van der Waals surface area contributed by atoms with Gasteiger partial charge in [0.2, 0.25) is 10.0 Å². The Morgan fingerprint density at radius 3 is 2.70 bits per heavy atom. The van der Waals surface area contributed by atoms with Crippen molar-refractivity contribution < 1.29 is 8.42 Å². The minimum absolute atomic E-state index is 0.0177. The van der Waals surface area contributed by atoms with E-state index in [2.05, 4.69) is 9.71 Å². The van der Waals surface area contributed by atoms with E-state index >= 15 is 0 Å². The number of benzene rings is 1. The number of nitrogens with zero attached hydrogens (tertiary/aromatic N) is 2. The first-order valence-electron chi connectivity index (χ1n) is 7.02. The monoisotopic (exact) mass is 349 g/mol. The van der Waals surface area contributed by atoms with Gasteiger partial charge in [0.1, 0.15) is 4.90 Å². The lowest BCUT2D eigenvalue weighted by Gasteiger charge is -2.18. The summed E-state index contributed by atoms with van der Waals surface area (Å²) < 4.78 is 27.8. The summed E-state index contributed by atoms with van der Waals surface area (Å²) in [6.07, 6.45) is 2.18. The second kappa shape index (κ2) is 7.09. The first-order valence-corrected chi connectivity index (χ1v) is 8.88. The average molecular weight is 350 g/mol. The van der Waals surface area contributed by atoms with E-state index in [4.69, 9.17) is 16.9 Å². The number of hydrogen-bond acceptors (Lipinski definition) is 4. The molecule has 1 atom stereocenters. The summed E-state index contributed by atoms with van der Waals surface area (Å²) in [5.41, 5.74) is 1.90. The van der Waals surface area contributed by atoms with Crippen LogP contribution >= 0.6 is 11.6 Å². The number of sulfonamides is 1. The largest absolute Gasteiger partial charge is 0.259 e. The molecule has 2 aromatic rings. The molecule has 0 fully saturated rings. The number of nitriles is 1.